The maximum absolute atomic E-state index is 12.2. The average molecular weight is 309 g/mol. The second kappa shape index (κ2) is 5.92. The van der Waals surface area contributed by atoms with Gasteiger partial charge in [0.25, 0.3) is 5.56 Å². The first-order chi connectivity index (χ1) is 11.1. The molecule has 116 valence electrons. The molecule has 2 aromatic carbocycles. The van der Waals surface area contributed by atoms with E-state index in [1.54, 1.807) is 49.5 Å². The number of benzene rings is 2. The number of hydrogen-bond donors (Lipinski definition) is 2. The maximum atomic E-state index is 12.2. The van der Waals surface area contributed by atoms with E-state index in [2.05, 4.69) is 10.4 Å². The van der Waals surface area contributed by atoms with E-state index in [9.17, 15) is 14.7 Å². The van der Waals surface area contributed by atoms with Crippen LogP contribution in [0.4, 0.5) is 5.69 Å². The molecule has 0 aliphatic heterocycles. The molecule has 23 heavy (non-hydrogen) atoms. The predicted molar refractivity (Wildman–Crippen MR) is 87.4 cm³/mol. The Labute approximate surface area is 132 Å². The summed E-state index contributed by atoms with van der Waals surface area (Å²) in [5.74, 6) is -0.318. The molecule has 3 rings (SSSR count). The number of aryl methyl sites for hydroxylation is 1. The van der Waals surface area contributed by atoms with Gasteiger partial charge in [-0.15, -0.1) is 0 Å². The highest BCUT2D eigenvalue weighted by Gasteiger charge is 2.13. The van der Waals surface area contributed by atoms with E-state index in [1.807, 2.05) is 0 Å². The number of phenolic OH excluding ortho intramolecular Hbond substituents is 1. The first kappa shape index (κ1) is 14.8. The first-order valence-electron chi connectivity index (χ1n) is 7.09. The van der Waals surface area contributed by atoms with E-state index in [0.717, 1.165) is 0 Å². The van der Waals surface area contributed by atoms with Crippen molar-refractivity contribution < 1.29 is 9.90 Å². The molecule has 6 nitrogen and oxygen atoms in total. The Morgan fingerprint density at radius 2 is 1.78 bits per heavy atom. The maximum Gasteiger partial charge on any atom is 0.274 e. The number of para-hydroxylation sites is 2. The minimum absolute atomic E-state index is 0.000807. The molecule has 0 aliphatic carbocycles. The molecule has 0 saturated carbocycles. The highest BCUT2D eigenvalue weighted by atomic mass is 16.3. The van der Waals surface area contributed by atoms with Gasteiger partial charge in [0.1, 0.15) is 5.75 Å². The summed E-state index contributed by atoms with van der Waals surface area (Å²) in [6.45, 7) is 0. The lowest BCUT2D eigenvalue weighted by atomic mass is 10.1. The highest BCUT2D eigenvalue weighted by molar-refractivity contribution is 5.96. The minimum atomic E-state index is -0.317. The summed E-state index contributed by atoms with van der Waals surface area (Å²) in [5.41, 5.74) is 0.646. The lowest BCUT2D eigenvalue weighted by molar-refractivity contribution is -0.115. The molecule has 0 atom stereocenters. The predicted octanol–water partition coefficient (Wildman–Crippen LogP) is 1.82. The minimum Gasteiger partial charge on any atom is -0.506 e. The van der Waals surface area contributed by atoms with Gasteiger partial charge in [-0.1, -0.05) is 30.3 Å². The summed E-state index contributed by atoms with van der Waals surface area (Å²) in [7, 11) is 1.55. The van der Waals surface area contributed by atoms with Crippen molar-refractivity contribution in [3.05, 3.63) is 64.6 Å². The molecule has 0 aliphatic rings. The van der Waals surface area contributed by atoms with Gasteiger partial charge in [0.15, 0.2) is 0 Å². The van der Waals surface area contributed by atoms with Crippen molar-refractivity contribution in [2.24, 2.45) is 7.05 Å². The molecule has 3 aromatic rings. The third-order valence-electron chi connectivity index (χ3n) is 3.54. The summed E-state index contributed by atoms with van der Waals surface area (Å²) in [5, 5.41) is 17.7. The molecule has 0 saturated heterocycles. The number of nitrogens with zero attached hydrogens (tertiary/aromatic N) is 2. The van der Waals surface area contributed by atoms with Crippen LogP contribution in [0.15, 0.2) is 53.3 Å². The molecule has 0 unspecified atom stereocenters. The smallest absolute Gasteiger partial charge is 0.274 e. The van der Waals surface area contributed by atoms with Crippen LogP contribution in [-0.4, -0.2) is 20.8 Å². The lowest BCUT2D eigenvalue weighted by Gasteiger charge is -2.09. The summed E-state index contributed by atoms with van der Waals surface area (Å²) in [6, 6.07) is 13.6. The Morgan fingerprint density at radius 3 is 2.52 bits per heavy atom. The Balaban J connectivity index is 1.93. The fourth-order valence-electron chi connectivity index (χ4n) is 2.43. The largest absolute Gasteiger partial charge is 0.506 e. The van der Waals surface area contributed by atoms with E-state index >= 15 is 0 Å². The third kappa shape index (κ3) is 2.91. The lowest BCUT2D eigenvalue weighted by Crippen LogP contribution is -2.24. The van der Waals surface area contributed by atoms with Gasteiger partial charge in [-0.3, -0.25) is 9.59 Å². The van der Waals surface area contributed by atoms with E-state index < -0.39 is 0 Å². The fraction of sp³-hybridized carbons (Fsp3) is 0.118. The molecular weight excluding hydrogens is 294 g/mol. The molecule has 0 spiro atoms. The van der Waals surface area contributed by atoms with Crippen LogP contribution in [0, 0.1) is 0 Å². The monoisotopic (exact) mass is 309 g/mol. The molecule has 6 heteroatoms. The van der Waals surface area contributed by atoms with Crippen molar-refractivity contribution in [1.82, 2.24) is 9.78 Å². The summed E-state index contributed by atoms with van der Waals surface area (Å²) >= 11 is 0. The van der Waals surface area contributed by atoms with Crippen molar-refractivity contribution in [2.75, 3.05) is 5.32 Å². The normalized spacial score (nSPS) is 10.7. The van der Waals surface area contributed by atoms with Gasteiger partial charge in [-0.25, -0.2) is 4.68 Å². The number of anilines is 1. The van der Waals surface area contributed by atoms with Gasteiger partial charge in [0.05, 0.1) is 23.2 Å². The van der Waals surface area contributed by atoms with Crippen LogP contribution < -0.4 is 10.9 Å². The second-order valence-corrected chi connectivity index (χ2v) is 5.16. The van der Waals surface area contributed by atoms with Crippen molar-refractivity contribution in [1.29, 1.82) is 0 Å². The summed E-state index contributed by atoms with van der Waals surface area (Å²) in [4.78, 5) is 24.3. The molecule has 0 fully saturated rings. The van der Waals surface area contributed by atoms with Gasteiger partial charge >= 0.3 is 0 Å². The number of rotatable bonds is 3. The second-order valence-electron chi connectivity index (χ2n) is 5.16. The number of phenols is 1. The number of carbonyl (C=O) groups is 1. The van der Waals surface area contributed by atoms with Crippen molar-refractivity contribution in [2.45, 2.75) is 6.42 Å². The van der Waals surface area contributed by atoms with E-state index in [4.69, 9.17) is 0 Å². The van der Waals surface area contributed by atoms with Crippen molar-refractivity contribution >= 4 is 22.4 Å². The topological polar surface area (TPSA) is 84.2 Å². The standard InChI is InChI=1S/C17H15N3O3/c1-20-17(23)12-7-3-2-6-11(12)14(19-20)10-16(22)18-13-8-4-5-9-15(13)21/h2-9,21H,10H2,1H3,(H,18,22). The number of hydrogen-bond acceptors (Lipinski definition) is 4. The van der Waals surface area contributed by atoms with E-state index in [1.165, 1.54) is 10.7 Å². The van der Waals surface area contributed by atoms with Crippen LogP contribution in [0.5, 0.6) is 5.75 Å². The van der Waals surface area contributed by atoms with E-state index in [0.29, 0.717) is 22.2 Å². The van der Waals surface area contributed by atoms with Crippen LogP contribution >= 0.6 is 0 Å². The van der Waals surface area contributed by atoms with Crippen LogP contribution in [0.3, 0.4) is 0 Å². The summed E-state index contributed by atoms with van der Waals surface area (Å²) in [6.07, 6.45) is 0.00294. The van der Waals surface area contributed by atoms with Gasteiger partial charge in [-0.2, -0.15) is 5.10 Å². The Morgan fingerprint density at radius 1 is 1.13 bits per heavy atom. The third-order valence-corrected chi connectivity index (χ3v) is 3.54. The van der Waals surface area contributed by atoms with Crippen molar-refractivity contribution in [3.63, 3.8) is 0 Å². The number of amides is 1. The SMILES string of the molecule is Cn1nc(CC(=O)Nc2ccccc2O)c2ccccc2c1=O. The van der Waals surface area contributed by atoms with E-state index in [-0.39, 0.29) is 23.6 Å². The van der Waals surface area contributed by atoms with Crippen LogP contribution in [0.1, 0.15) is 5.69 Å². The first-order valence-corrected chi connectivity index (χ1v) is 7.09. The summed E-state index contributed by atoms with van der Waals surface area (Å²) < 4.78 is 1.23. The number of aromatic nitrogens is 2. The van der Waals surface area contributed by atoms with Crippen molar-refractivity contribution in [3.8, 4) is 5.75 Å². The molecule has 1 aromatic heterocycles. The number of fused-ring (bicyclic) bond motifs is 1. The number of carbonyl (C=O) groups excluding carboxylic acids is 1. The zero-order chi connectivity index (χ0) is 16.4. The molecule has 1 heterocycles. The van der Waals surface area contributed by atoms with Gasteiger partial charge in [-0.05, 0) is 18.2 Å². The van der Waals surface area contributed by atoms with Crippen LogP contribution in [0.25, 0.3) is 10.8 Å². The van der Waals surface area contributed by atoms with Gasteiger partial charge in [0.2, 0.25) is 5.91 Å². The fourth-order valence-corrected chi connectivity index (χ4v) is 2.43. The molecular formula is C17H15N3O3. The number of nitrogens with one attached hydrogen (secondary N) is 1. The quantitative estimate of drug-likeness (QED) is 0.723. The zero-order valence-electron chi connectivity index (χ0n) is 12.5. The number of aromatic hydroxyl groups is 1. The molecule has 1 amide bonds. The van der Waals surface area contributed by atoms with Gasteiger partial charge in [0, 0.05) is 12.4 Å². The molecule has 0 bridgehead atoms. The van der Waals surface area contributed by atoms with Crippen LogP contribution in [0.2, 0.25) is 0 Å². The Kier molecular flexibility index (Phi) is 3.80. The van der Waals surface area contributed by atoms with Crippen LogP contribution in [-0.2, 0) is 18.3 Å². The molecule has 0 radical (unpaired) electrons. The zero-order valence-corrected chi connectivity index (χ0v) is 12.5. The highest BCUT2D eigenvalue weighted by Crippen LogP contribution is 2.22. The average Bonchev–Trinajstić information content (AvgIpc) is 2.54. The van der Waals surface area contributed by atoms with Gasteiger partial charge < -0.3 is 10.4 Å². The molecule has 2 N–H and O–H groups in total. The Hall–Kier alpha value is -3.15. The Bertz CT molecular complexity index is 947.